The maximum atomic E-state index is 12.1. The van der Waals surface area contributed by atoms with Gasteiger partial charge in [0.25, 0.3) is 10.0 Å². The Hall–Kier alpha value is -1.61. The van der Waals surface area contributed by atoms with Crippen LogP contribution < -0.4 is 10.5 Å². The van der Waals surface area contributed by atoms with Gasteiger partial charge in [-0.3, -0.25) is 4.72 Å². The summed E-state index contributed by atoms with van der Waals surface area (Å²) in [6, 6.07) is 3.54. The largest absolute Gasteiger partial charge is 0.409 e. The van der Waals surface area contributed by atoms with Crippen molar-refractivity contribution in [2.75, 3.05) is 4.72 Å². The highest BCUT2D eigenvalue weighted by atomic mass is 35.5. The van der Waals surface area contributed by atoms with Crippen molar-refractivity contribution < 1.29 is 22.4 Å². The van der Waals surface area contributed by atoms with Crippen LogP contribution in [0.15, 0.2) is 23.4 Å². The summed E-state index contributed by atoms with van der Waals surface area (Å²) < 4.78 is 47.7. The zero-order valence-corrected chi connectivity index (χ0v) is 10.2. The Morgan fingerprint density at radius 3 is 2.56 bits per heavy atom. The van der Waals surface area contributed by atoms with E-state index in [4.69, 9.17) is 22.5 Å². The van der Waals surface area contributed by atoms with Crippen LogP contribution in [-0.2, 0) is 10.0 Å². The van der Waals surface area contributed by atoms with Gasteiger partial charge in [0.15, 0.2) is 5.84 Å². The van der Waals surface area contributed by atoms with Gasteiger partial charge in [-0.25, -0.2) is 8.42 Å². The standard InChI is InChI=1S/C8H8ClF2N3O3S/c9-5-3-4(7(12)13-15)1-2-6(5)14-18(16,17)8(10)11/h1-3,8,14-15H,(H2,12,13). The highest BCUT2D eigenvalue weighted by Crippen LogP contribution is 2.25. The molecular formula is C8H8ClF2N3O3S. The topological polar surface area (TPSA) is 105 Å². The molecule has 0 spiro atoms. The van der Waals surface area contributed by atoms with Crippen molar-refractivity contribution in [1.82, 2.24) is 0 Å². The van der Waals surface area contributed by atoms with E-state index < -0.39 is 15.8 Å². The number of nitrogens with zero attached hydrogens (tertiary/aromatic N) is 1. The first kappa shape index (κ1) is 14.5. The maximum absolute atomic E-state index is 12.1. The van der Waals surface area contributed by atoms with Crippen LogP contribution in [0.4, 0.5) is 14.5 Å². The van der Waals surface area contributed by atoms with E-state index in [9.17, 15) is 17.2 Å². The molecule has 0 saturated carbocycles. The predicted octanol–water partition coefficient (Wildman–Crippen LogP) is 1.40. The molecular weight excluding hydrogens is 292 g/mol. The van der Waals surface area contributed by atoms with E-state index in [1.807, 2.05) is 0 Å². The number of halogens is 3. The van der Waals surface area contributed by atoms with Crippen LogP contribution in [0.2, 0.25) is 5.02 Å². The second-order valence-corrected chi connectivity index (χ2v) is 5.15. The van der Waals surface area contributed by atoms with Gasteiger partial charge in [0.05, 0.1) is 10.7 Å². The minimum atomic E-state index is -4.79. The van der Waals surface area contributed by atoms with Crippen molar-refractivity contribution in [3.8, 4) is 0 Å². The predicted molar refractivity (Wildman–Crippen MR) is 62.5 cm³/mol. The third-order valence-electron chi connectivity index (χ3n) is 1.86. The van der Waals surface area contributed by atoms with Crippen LogP contribution in [-0.4, -0.2) is 25.2 Å². The molecule has 1 aromatic carbocycles. The number of hydrogen-bond donors (Lipinski definition) is 3. The Labute approximate surface area is 106 Å². The lowest BCUT2D eigenvalue weighted by molar-refractivity contribution is 0.236. The van der Waals surface area contributed by atoms with Crippen LogP contribution in [0, 0.1) is 0 Å². The number of alkyl halides is 2. The molecule has 0 amide bonds. The number of benzene rings is 1. The summed E-state index contributed by atoms with van der Waals surface area (Å²) in [6.45, 7) is 0. The molecule has 0 aromatic heterocycles. The fourth-order valence-electron chi connectivity index (χ4n) is 1.01. The molecule has 4 N–H and O–H groups in total. The van der Waals surface area contributed by atoms with E-state index >= 15 is 0 Å². The maximum Gasteiger partial charge on any atom is 0.355 e. The van der Waals surface area contributed by atoms with E-state index in [2.05, 4.69) is 5.16 Å². The van der Waals surface area contributed by atoms with E-state index in [1.54, 1.807) is 4.72 Å². The molecule has 6 nitrogen and oxygen atoms in total. The molecule has 0 atom stereocenters. The number of anilines is 1. The molecule has 18 heavy (non-hydrogen) atoms. The number of nitrogens with one attached hydrogen (secondary N) is 1. The first-order valence-electron chi connectivity index (χ1n) is 4.35. The monoisotopic (exact) mass is 299 g/mol. The summed E-state index contributed by atoms with van der Waals surface area (Å²) >= 11 is 5.68. The van der Waals surface area contributed by atoms with Crippen LogP contribution in [0.3, 0.4) is 0 Å². The van der Waals surface area contributed by atoms with Crippen LogP contribution in [0.25, 0.3) is 0 Å². The zero-order chi connectivity index (χ0) is 13.9. The van der Waals surface area contributed by atoms with E-state index in [1.165, 1.54) is 12.1 Å². The minimum absolute atomic E-state index is 0.164. The SMILES string of the molecule is N/C(=N/O)c1ccc(NS(=O)(=O)C(F)F)c(Cl)c1. The average molecular weight is 300 g/mol. The molecule has 0 aliphatic heterocycles. The van der Waals surface area contributed by atoms with E-state index in [0.717, 1.165) is 6.07 Å². The number of sulfonamides is 1. The smallest absolute Gasteiger partial charge is 0.355 e. The molecule has 0 heterocycles. The van der Waals surface area contributed by atoms with Gasteiger partial charge in [-0.15, -0.1) is 0 Å². The lowest BCUT2D eigenvalue weighted by Gasteiger charge is -2.09. The fraction of sp³-hybridized carbons (Fsp3) is 0.125. The number of oxime groups is 1. The molecule has 1 aromatic rings. The van der Waals surface area contributed by atoms with Gasteiger partial charge in [-0.05, 0) is 18.2 Å². The van der Waals surface area contributed by atoms with Crippen molar-refractivity contribution >= 4 is 33.1 Å². The zero-order valence-electron chi connectivity index (χ0n) is 8.64. The van der Waals surface area contributed by atoms with Crippen molar-refractivity contribution in [2.24, 2.45) is 10.9 Å². The van der Waals surface area contributed by atoms with Gasteiger partial charge in [-0.1, -0.05) is 16.8 Å². The summed E-state index contributed by atoms with van der Waals surface area (Å²) in [4.78, 5) is 0. The summed E-state index contributed by atoms with van der Waals surface area (Å²) in [5, 5.41) is 11.0. The van der Waals surface area contributed by atoms with Gasteiger partial charge >= 0.3 is 5.76 Å². The third kappa shape index (κ3) is 3.20. The normalized spacial score (nSPS) is 12.8. The van der Waals surface area contributed by atoms with Crippen LogP contribution in [0.5, 0.6) is 0 Å². The number of amidine groups is 1. The number of hydrogen-bond acceptors (Lipinski definition) is 4. The van der Waals surface area contributed by atoms with Crippen LogP contribution >= 0.6 is 11.6 Å². The molecule has 0 radical (unpaired) electrons. The highest BCUT2D eigenvalue weighted by Gasteiger charge is 2.24. The van der Waals surface area contributed by atoms with Gasteiger partial charge in [0.1, 0.15) is 0 Å². The molecule has 0 aliphatic rings. The second kappa shape index (κ2) is 5.36. The first-order chi connectivity index (χ1) is 8.27. The molecule has 0 fully saturated rings. The lowest BCUT2D eigenvalue weighted by atomic mass is 10.2. The molecule has 0 unspecified atom stereocenters. The number of rotatable bonds is 4. The third-order valence-corrected chi connectivity index (χ3v) is 3.15. The Bertz CT molecular complexity index is 577. The van der Waals surface area contributed by atoms with E-state index in [-0.39, 0.29) is 22.1 Å². The van der Waals surface area contributed by atoms with E-state index in [0.29, 0.717) is 0 Å². The van der Waals surface area contributed by atoms with Crippen molar-refractivity contribution in [3.63, 3.8) is 0 Å². The van der Waals surface area contributed by atoms with Crippen molar-refractivity contribution in [2.45, 2.75) is 5.76 Å². The van der Waals surface area contributed by atoms with Gasteiger partial charge in [0.2, 0.25) is 0 Å². The summed E-state index contributed by atoms with van der Waals surface area (Å²) in [6.07, 6.45) is 0. The molecule has 100 valence electrons. The molecule has 1 rings (SSSR count). The van der Waals surface area contributed by atoms with Crippen molar-refractivity contribution in [1.29, 1.82) is 0 Å². The molecule has 0 aliphatic carbocycles. The summed E-state index contributed by atoms with van der Waals surface area (Å²) in [5.41, 5.74) is 5.25. The van der Waals surface area contributed by atoms with Gasteiger partial charge in [-0.2, -0.15) is 8.78 Å². The molecule has 10 heteroatoms. The fourth-order valence-corrected chi connectivity index (χ4v) is 1.87. The molecule has 0 saturated heterocycles. The second-order valence-electron chi connectivity index (χ2n) is 3.09. The first-order valence-corrected chi connectivity index (χ1v) is 6.27. The van der Waals surface area contributed by atoms with Gasteiger partial charge < -0.3 is 10.9 Å². The number of nitrogens with two attached hydrogens (primary N) is 1. The Morgan fingerprint density at radius 2 is 2.11 bits per heavy atom. The van der Waals surface area contributed by atoms with Gasteiger partial charge in [0, 0.05) is 5.56 Å². The Kier molecular flexibility index (Phi) is 4.30. The Morgan fingerprint density at radius 1 is 1.50 bits per heavy atom. The summed E-state index contributed by atoms with van der Waals surface area (Å²) in [7, 11) is -4.79. The highest BCUT2D eigenvalue weighted by molar-refractivity contribution is 7.93. The molecule has 0 bridgehead atoms. The average Bonchev–Trinajstić information content (AvgIpc) is 2.30. The summed E-state index contributed by atoms with van der Waals surface area (Å²) in [5.74, 6) is -3.82. The minimum Gasteiger partial charge on any atom is -0.409 e. The quantitative estimate of drug-likeness (QED) is 0.338. The van der Waals surface area contributed by atoms with Crippen molar-refractivity contribution in [3.05, 3.63) is 28.8 Å². The van der Waals surface area contributed by atoms with Crippen LogP contribution in [0.1, 0.15) is 5.56 Å². The lowest BCUT2D eigenvalue weighted by Crippen LogP contribution is -2.21. The Balaban J connectivity index is 3.08.